The molecule has 0 aromatic carbocycles. The van der Waals surface area contributed by atoms with Gasteiger partial charge in [-0.15, -0.1) is 10.2 Å². The molecule has 0 N–H and O–H groups in total. The third-order valence-corrected chi connectivity index (χ3v) is 2.95. The lowest BCUT2D eigenvalue weighted by Crippen LogP contribution is -2.04. The highest BCUT2D eigenvalue weighted by molar-refractivity contribution is 6.28. The molecule has 1 aliphatic carbocycles. The van der Waals surface area contributed by atoms with Gasteiger partial charge < -0.3 is 4.52 Å². The van der Waals surface area contributed by atoms with E-state index < -0.39 is 0 Å². The second-order valence-electron chi connectivity index (χ2n) is 4.12. The zero-order valence-corrected chi connectivity index (χ0v) is 9.61. The number of hydrogen-bond donors (Lipinski definition) is 0. The second kappa shape index (κ2) is 3.59. The van der Waals surface area contributed by atoms with Crippen LogP contribution in [0.15, 0.2) is 10.6 Å². The Kier molecular flexibility index (Phi) is 2.21. The molecule has 0 amide bonds. The van der Waals surface area contributed by atoms with Crippen LogP contribution in [-0.4, -0.2) is 19.9 Å². The number of aryl methyl sites for hydroxylation is 1. The minimum absolute atomic E-state index is 0.419. The van der Waals surface area contributed by atoms with Gasteiger partial charge in [0.15, 0.2) is 0 Å². The fraction of sp³-hybridized carbons (Fsp3) is 0.500. The van der Waals surface area contributed by atoms with Gasteiger partial charge in [-0.05, 0) is 31.4 Å². The molecule has 6 heteroatoms. The number of aromatic nitrogens is 4. The topological polar surface area (TPSA) is 56.7 Å². The van der Waals surface area contributed by atoms with Crippen molar-refractivity contribution in [2.45, 2.75) is 32.2 Å². The van der Waals surface area contributed by atoms with E-state index in [2.05, 4.69) is 15.4 Å². The van der Waals surface area contributed by atoms with E-state index in [-0.39, 0.29) is 0 Å². The molecule has 0 aliphatic heterocycles. The lowest BCUT2D eigenvalue weighted by molar-refractivity contribution is 0.388. The molecule has 2 aromatic rings. The van der Waals surface area contributed by atoms with Gasteiger partial charge in [-0.1, -0.05) is 5.16 Å². The summed E-state index contributed by atoms with van der Waals surface area (Å²) in [5, 5.41) is 12.4. The Balaban J connectivity index is 1.90. The Labute approximate surface area is 97.4 Å². The van der Waals surface area contributed by atoms with Crippen molar-refractivity contribution in [1.29, 1.82) is 0 Å². The minimum atomic E-state index is 0.419. The van der Waals surface area contributed by atoms with Gasteiger partial charge in [0.2, 0.25) is 5.28 Å². The van der Waals surface area contributed by atoms with Gasteiger partial charge in [-0.3, -0.25) is 4.57 Å². The van der Waals surface area contributed by atoms with Crippen molar-refractivity contribution in [3.8, 4) is 0 Å². The van der Waals surface area contributed by atoms with Gasteiger partial charge in [0, 0.05) is 12.0 Å². The fourth-order valence-electron chi connectivity index (χ4n) is 1.74. The van der Waals surface area contributed by atoms with Crippen LogP contribution < -0.4 is 0 Å². The molecule has 1 saturated carbocycles. The molecule has 1 fully saturated rings. The SMILES string of the molecule is Cc1cc(Cn2c(Cl)nnc2C2CC2)no1. The fourth-order valence-corrected chi connectivity index (χ4v) is 1.92. The lowest BCUT2D eigenvalue weighted by Gasteiger charge is -2.03. The molecular formula is C10H11ClN4O. The van der Waals surface area contributed by atoms with Crippen LogP contribution in [-0.2, 0) is 6.54 Å². The largest absolute Gasteiger partial charge is 0.361 e. The first-order chi connectivity index (χ1) is 7.74. The van der Waals surface area contributed by atoms with Crippen molar-refractivity contribution < 1.29 is 4.52 Å². The monoisotopic (exact) mass is 238 g/mol. The van der Waals surface area contributed by atoms with Crippen LogP contribution in [0.3, 0.4) is 0 Å². The normalized spacial score (nSPS) is 15.6. The van der Waals surface area contributed by atoms with Crippen LogP contribution in [0.5, 0.6) is 0 Å². The standard InChI is InChI=1S/C10H11ClN4O/c1-6-4-8(14-16-6)5-15-9(7-2-3-7)12-13-10(15)11/h4,7H,2-3,5H2,1H3. The van der Waals surface area contributed by atoms with Crippen LogP contribution in [0, 0.1) is 6.92 Å². The van der Waals surface area contributed by atoms with Gasteiger partial charge in [0.05, 0.1) is 6.54 Å². The van der Waals surface area contributed by atoms with E-state index in [1.807, 2.05) is 17.6 Å². The number of hydrogen-bond acceptors (Lipinski definition) is 4. The van der Waals surface area contributed by atoms with Crippen molar-refractivity contribution in [1.82, 2.24) is 19.9 Å². The molecule has 2 heterocycles. The molecule has 0 bridgehead atoms. The Hall–Kier alpha value is -1.36. The van der Waals surface area contributed by atoms with Gasteiger partial charge in [0.25, 0.3) is 0 Å². The highest BCUT2D eigenvalue weighted by Gasteiger charge is 2.30. The van der Waals surface area contributed by atoms with Crippen LogP contribution in [0.2, 0.25) is 5.28 Å². The number of halogens is 1. The molecule has 0 radical (unpaired) electrons. The van der Waals surface area contributed by atoms with Crippen LogP contribution in [0.25, 0.3) is 0 Å². The lowest BCUT2D eigenvalue weighted by atomic mass is 10.3. The zero-order valence-electron chi connectivity index (χ0n) is 8.85. The molecule has 0 saturated heterocycles. The molecule has 84 valence electrons. The van der Waals surface area contributed by atoms with E-state index in [9.17, 15) is 0 Å². The van der Waals surface area contributed by atoms with Crippen molar-refractivity contribution >= 4 is 11.6 Å². The quantitative estimate of drug-likeness (QED) is 0.822. The third kappa shape index (κ3) is 1.71. The van der Waals surface area contributed by atoms with Crippen molar-refractivity contribution in [2.24, 2.45) is 0 Å². The molecular weight excluding hydrogens is 228 g/mol. The Morgan fingerprint density at radius 2 is 2.31 bits per heavy atom. The Morgan fingerprint density at radius 1 is 1.50 bits per heavy atom. The Bertz CT molecular complexity index is 515. The summed E-state index contributed by atoms with van der Waals surface area (Å²) in [4.78, 5) is 0. The summed E-state index contributed by atoms with van der Waals surface area (Å²) in [6.07, 6.45) is 2.35. The second-order valence-corrected chi connectivity index (χ2v) is 4.45. The number of rotatable bonds is 3. The first-order valence-electron chi connectivity index (χ1n) is 5.25. The zero-order chi connectivity index (χ0) is 11.1. The summed E-state index contributed by atoms with van der Waals surface area (Å²) in [5.41, 5.74) is 0.848. The van der Waals surface area contributed by atoms with Crippen molar-refractivity contribution in [3.63, 3.8) is 0 Å². The van der Waals surface area contributed by atoms with E-state index in [1.54, 1.807) is 0 Å². The van der Waals surface area contributed by atoms with E-state index in [0.717, 1.165) is 17.3 Å². The maximum absolute atomic E-state index is 6.00. The summed E-state index contributed by atoms with van der Waals surface area (Å²) in [5.74, 6) is 2.28. The molecule has 3 rings (SSSR count). The molecule has 0 spiro atoms. The van der Waals surface area contributed by atoms with Gasteiger partial charge in [0.1, 0.15) is 17.3 Å². The highest BCUT2D eigenvalue weighted by Crippen LogP contribution is 2.39. The van der Waals surface area contributed by atoms with Gasteiger partial charge in [-0.25, -0.2) is 0 Å². The molecule has 0 atom stereocenters. The maximum atomic E-state index is 6.00. The molecule has 2 aromatic heterocycles. The molecule has 0 unspecified atom stereocenters. The van der Waals surface area contributed by atoms with Crippen LogP contribution in [0.1, 0.15) is 36.0 Å². The summed E-state index contributed by atoms with van der Waals surface area (Å²) >= 11 is 6.00. The highest BCUT2D eigenvalue weighted by atomic mass is 35.5. The van der Waals surface area contributed by atoms with Crippen molar-refractivity contribution in [2.75, 3.05) is 0 Å². The van der Waals surface area contributed by atoms with Gasteiger partial charge in [-0.2, -0.15) is 0 Å². The van der Waals surface area contributed by atoms with E-state index in [4.69, 9.17) is 16.1 Å². The van der Waals surface area contributed by atoms with E-state index >= 15 is 0 Å². The van der Waals surface area contributed by atoms with E-state index in [0.29, 0.717) is 17.7 Å². The average molecular weight is 239 g/mol. The minimum Gasteiger partial charge on any atom is -0.361 e. The smallest absolute Gasteiger partial charge is 0.225 e. The van der Waals surface area contributed by atoms with Gasteiger partial charge >= 0.3 is 0 Å². The molecule has 1 aliphatic rings. The average Bonchev–Trinajstić information content (AvgIpc) is 2.93. The third-order valence-electron chi connectivity index (χ3n) is 2.67. The van der Waals surface area contributed by atoms with Crippen molar-refractivity contribution in [3.05, 3.63) is 28.6 Å². The predicted octanol–water partition coefficient (Wildman–Crippen LogP) is 2.15. The maximum Gasteiger partial charge on any atom is 0.225 e. The van der Waals surface area contributed by atoms with Crippen LogP contribution >= 0.6 is 11.6 Å². The first kappa shape index (κ1) is 9.84. The molecule has 16 heavy (non-hydrogen) atoms. The summed E-state index contributed by atoms with van der Waals surface area (Å²) in [6, 6.07) is 1.90. The number of nitrogens with zero attached hydrogens (tertiary/aromatic N) is 4. The predicted molar refractivity (Wildman–Crippen MR) is 57.3 cm³/mol. The summed E-state index contributed by atoms with van der Waals surface area (Å²) < 4.78 is 6.92. The summed E-state index contributed by atoms with van der Waals surface area (Å²) in [6.45, 7) is 2.45. The van der Waals surface area contributed by atoms with E-state index in [1.165, 1.54) is 12.8 Å². The van der Waals surface area contributed by atoms with Crippen LogP contribution in [0.4, 0.5) is 0 Å². The first-order valence-corrected chi connectivity index (χ1v) is 5.62. The Morgan fingerprint density at radius 3 is 2.94 bits per heavy atom. The summed E-state index contributed by atoms with van der Waals surface area (Å²) in [7, 11) is 0. The molecule has 5 nitrogen and oxygen atoms in total.